The predicted octanol–water partition coefficient (Wildman–Crippen LogP) is 3.43. The summed E-state index contributed by atoms with van der Waals surface area (Å²) in [6.45, 7) is 0.922. The standard InChI is InChI=1S/C23H24N4O3/c1-27-12-16(18-9-14-5-3-8-25-23(14)26-18)15-10-21(29-2)22(11-19(15)27)30-13-20(28)17-6-4-7-24-17/h3,5,8-12,17,24H,4,6-7,13H2,1-2H3,(H,25,26). The number of Topliss-reactive ketones (excluding diaryl/α,β-unsaturated/α-hetero) is 1. The van der Waals surface area contributed by atoms with Gasteiger partial charge >= 0.3 is 0 Å². The van der Waals surface area contributed by atoms with Gasteiger partial charge in [0, 0.05) is 47.5 Å². The molecule has 0 saturated carbocycles. The first-order chi connectivity index (χ1) is 14.6. The summed E-state index contributed by atoms with van der Waals surface area (Å²) in [5.74, 6) is 1.26. The first kappa shape index (κ1) is 18.7. The van der Waals surface area contributed by atoms with Crippen LogP contribution in [0.25, 0.3) is 33.2 Å². The van der Waals surface area contributed by atoms with E-state index in [1.807, 2.05) is 31.3 Å². The number of benzene rings is 1. The van der Waals surface area contributed by atoms with E-state index in [4.69, 9.17) is 9.47 Å². The van der Waals surface area contributed by atoms with Crippen LogP contribution >= 0.6 is 0 Å². The summed E-state index contributed by atoms with van der Waals surface area (Å²) in [7, 11) is 3.61. The Morgan fingerprint density at radius 3 is 2.97 bits per heavy atom. The highest BCUT2D eigenvalue weighted by Crippen LogP contribution is 2.38. The van der Waals surface area contributed by atoms with Crippen molar-refractivity contribution < 1.29 is 14.3 Å². The predicted molar refractivity (Wildman–Crippen MR) is 116 cm³/mol. The monoisotopic (exact) mass is 404 g/mol. The van der Waals surface area contributed by atoms with Gasteiger partial charge in [-0.15, -0.1) is 0 Å². The summed E-state index contributed by atoms with van der Waals surface area (Å²) in [5, 5.41) is 5.32. The van der Waals surface area contributed by atoms with E-state index in [0.717, 1.165) is 52.6 Å². The molecule has 7 heteroatoms. The van der Waals surface area contributed by atoms with Gasteiger partial charge in [0.05, 0.1) is 18.7 Å². The number of nitrogens with zero attached hydrogens (tertiary/aromatic N) is 2. The molecule has 1 aliphatic heterocycles. The number of aromatic nitrogens is 3. The fourth-order valence-corrected chi connectivity index (χ4v) is 4.19. The third kappa shape index (κ3) is 3.21. The Morgan fingerprint density at radius 2 is 2.20 bits per heavy atom. The summed E-state index contributed by atoms with van der Waals surface area (Å²) in [6, 6.07) is 9.87. The summed E-state index contributed by atoms with van der Waals surface area (Å²) >= 11 is 0. The number of methoxy groups -OCH3 is 1. The van der Waals surface area contributed by atoms with Gasteiger partial charge in [-0.2, -0.15) is 0 Å². The fourth-order valence-electron chi connectivity index (χ4n) is 4.19. The van der Waals surface area contributed by atoms with Gasteiger partial charge in [0.2, 0.25) is 0 Å². The largest absolute Gasteiger partial charge is 0.493 e. The van der Waals surface area contributed by atoms with Gasteiger partial charge in [0.25, 0.3) is 0 Å². The molecule has 3 aromatic heterocycles. The molecule has 0 aliphatic carbocycles. The zero-order chi connectivity index (χ0) is 20.7. The summed E-state index contributed by atoms with van der Waals surface area (Å²) in [4.78, 5) is 20.2. The molecule has 1 unspecified atom stereocenters. The second-order valence-corrected chi connectivity index (χ2v) is 7.70. The van der Waals surface area contributed by atoms with Crippen molar-refractivity contribution in [3.63, 3.8) is 0 Å². The van der Waals surface area contributed by atoms with E-state index in [-0.39, 0.29) is 18.4 Å². The number of ketones is 1. The highest BCUT2D eigenvalue weighted by atomic mass is 16.5. The van der Waals surface area contributed by atoms with Crippen LogP contribution in [0.1, 0.15) is 12.8 Å². The second-order valence-electron chi connectivity index (χ2n) is 7.70. The molecule has 4 aromatic rings. The van der Waals surface area contributed by atoms with Crippen molar-refractivity contribution in [3.05, 3.63) is 42.7 Å². The minimum Gasteiger partial charge on any atom is -0.493 e. The van der Waals surface area contributed by atoms with Crippen LogP contribution in [-0.4, -0.2) is 46.6 Å². The number of pyridine rings is 1. The Bertz CT molecular complexity index is 1200. The Kier molecular flexibility index (Phi) is 4.67. The van der Waals surface area contributed by atoms with Gasteiger partial charge < -0.3 is 24.3 Å². The topological polar surface area (TPSA) is 81.2 Å². The molecule has 1 atom stereocenters. The summed E-state index contributed by atoms with van der Waals surface area (Å²) < 4.78 is 13.5. The zero-order valence-corrected chi connectivity index (χ0v) is 17.1. The Morgan fingerprint density at radius 1 is 1.30 bits per heavy atom. The molecule has 1 aromatic carbocycles. The van der Waals surface area contributed by atoms with Crippen LogP contribution in [0.5, 0.6) is 11.5 Å². The average Bonchev–Trinajstić information content (AvgIpc) is 3.50. The average molecular weight is 404 g/mol. The smallest absolute Gasteiger partial charge is 0.186 e. The molecule has 7 nitrogen and oxygen atoms in total. The van der Waals surface area contributed by atoms with Crippen molar-refractivity contribution in [2.75, 3.05) is 20.3 Å². The zero-order valence-electron chi connectivity index (χ0n) is 17.1. The molecule has 0 bridgehead atoms. The lowest BCUT2D eigenvalue weighted by Crippen LogP contribution is -2.34. The molecular weight excluding hydrogens is 380 g/mol. The van der Waals surface area contributed by atoms with Gasteiger partial charge in [-0.1, -0.05) is 0 Å². The molecule has 154 valence electrons. The fraction of sp³-hybridized carbons (Fsp3) is 0.304. The number of ether oxygens (including phenoxy) is 2. The third-order valence-corrected chi connectivity index (χ3v) is 5.78. The number of nitrogens with one attached hydrogen (secondary N) is 2. The highest BCUT2D eigenvalue weighted by molar-refractivity contribution is 5.99. The van der Waals surface area contributed by atoms with E-state index in [0.29, 0.717) is 11.5 Å². The Hall–Kier alpha value is -3.32. The minimum atomic E-state index is -0.100. The maximum atomic E-state index is 12.4. The van der Waals surface area contributed by atoms with Crippen molar-refractivity contribution >= 4 is 27.7 Å². The van der Waals surface area contributed by atoms with E-state index in [2.05, 4.69) is 32.1 Å². The number of fused-ring (bicyclic) bond motifs is 2. The Balaban J connectivity index is 1.50. The van der Waals surface area contributed by atoms with E-state index < -0.39 is 0 Å². The SMILES string of the molecule is COc1cc2c(-c3cc4cccnc4[nH]3)cn(C)c2cc1OCC(=O)C1CCCN1. The van der Waals surface area contributed by atoms with Crippen LogP contribution in [0.3, 0.4) is 0 Å². The van der Waals surface area contributed by atoms with Crippen LogP contribution in [0.4, 0.5) is 0 Å². The Labute approximate surface area is 174 Å². The lowest BCUT2D eigenvalue weighted by atomic mass is 10.1. The summed E-state index contributed by atoms with van der Waals surface area (Å²) in [5.41, 5.74) is 3.91. The molecule has 1 saturated heterocycles. The van der Waals surface area contributed by atoms with Gasteiger partial charge in [-0.05, 0) is 43.7 Å². The molecule has 0 amide bonds. The number of rotatable bonds is 6. The summed E-state index contributed by atoms with van der Waals surface area (Å²) in [6.07, 6.45) is 5.76. The minimum absolute atomic E-state index is 0.0322. The van der Waals surface area contributed by atoms with Crippen molar-refractivity contribution in [2.24, 2.45) is 7.05 Å². The van der Waals surface area contributed by atoms with E-state index in [1.165, 1.54) is 0 Å². The lowest BCUT2D eigenvalue weighted by Gasteiger charge is -2.13. The normalized spacial score (nSPS) is 16.4. The number of carbonyl (C=O) groups is 1. The van der Waals surface area contributed by atoms with E-state index in [1.54, 1.807) is 13.3 Å². The van der Waals surface area contributed by atoms with Crippen LogP contribution in [-0.2, 0) is 11.8 Å². The molecule has 4 heterocycles. The van der Waals surface area contributed by atoms with Gasteiger partial charge in [0.15, 0.2) is 17.3 Å². The second kappa shape index (κ2) is 7.50. The maximum Gasteiger partial charge on any atom is 0.186 e. The van der Waals surface area contributed by atoms with Gasteiger partial charge in [-0.3, -0.25) is 4.79 Å². The maximum absolute atomic E-state index is 12.4. The highest BCUT2D eigenvalue weighted by Gasteiger charge is 2.23. The van der Waals surface area contributed by atoms with E-state index >= 15 is 0 Å². The van der Waals surface area contributed by atoms with Crippen molar-refractivity contribution in [3.8, 4) is 22.8 Å². The van der Waals surface area contributed by atoms with Crippen LogP contribution in [0, 0.1) is 0 Å². The third-order valence-electron chi connectivity index (χ3n) is 5.78. The number of H-pyrrole nitrogens is 1. The number of hydrogen-bond acceptors (Lipinski definition) is 5. The quantitative estimate of drug-likeness (QED) is 0.515. The molecule has 0 spiro atoms. The molecule has 5 rings (SSSR count). The number of aryl methyl sites for hydroxylation is 1. The first-order valence-electron chi connectivity index (χ1n) is 10.1. The first-order valence-corrected chi connectivity index (χ1v) is 10.1. The molecule has 0 radical (unpaired) electrons. The van der Waals surface area contributed by atoms with E-state index in [9.17, 15) is 4.79 Å². The molecule has 1 aliphatic rings. The number of carbonyl (C=O) groups excluding carboxylic acids is 1. The van der Waals surface area contributed by atoms with Crippen molar-refractivity contribution in [1.29, 1.82) is 0 Å². The van der Waals surface area contributed by atoms with Crippen LogP contribution in [0.15, 0.2) is 42.7 Å². The molecule has 30 heavy (non-hydrogen) atoms. The lowest BCUT2D eigenvalue weighted by molar-refractivity contribution is -0.122. The molecule has 2 N–H and O–H groups in total. The van der Waals surface area contributed by atoms with Crippen LogP contribution in [0.2, 0.25) is 0 Å². The van der Waals surface area contributed by atoms with Crippen LogP contribution < -0.4 is 14.8 Å². The number of hydrogen-bond donors (Lipinski definition) is 2. The molecular formula is C23H24N4O3. The molecule has 1 fully saturated rings. The van der Waals surface area contributed by atoms with Gasteiger partial charge in [-0.25, -0.2) is 4.98 Å². The van der Waals surface area contributed by atoms with Crippen molar-refractivity contribution in [1.82, 2.24) is 19.9 Å². The van der Waals surface area contributed by atoms with Crippen molar-refractivity contribution in [2.45, 2.75) is 18.9 Å². The van der Waals surface area contributed by atoms with Gasteiger partial charge in [0.1, 0.15) is 12.3 Å². The number of aromatic amines is 1.